The second kappa shape index (κ2) is 7.22. The van der Waals surface area contributed by atoms with Crippen molar-refractivity contribution in [2.75, 3.05) is 20.6 Å². The van der Waals surface area contributed by atoms with Crippen LogP contribution in [0.15, 0.2) is 29.3 Å². The van der Waals surface area contributed by atoms with E-state index in [0.29, 0.717) is 30.1 Å². The lowest BCUT2D eigenvalue weighted by Gasteiger charge is -2.25. The first-order valence-electron chi connectivity index (χ1n) is 8.52. The number of fused-ring (bicyclic) bond motifs is 1. The van der Waals surface area contributed by atoms with Gasteiger partial charge < -0.3 is 19.9 Å². The van der Waals surface area contributed by atoms with Crippen LogP contribution in [0.3, 0.4) is 0 Å². The van der Waals surface area contributed by atoms with Gasteiger partial charge in [-0.05, 0) is 24.6 Å². The molecule has 2 heterocycles. The van der Waals surface area contributed by atoms with E-state index in [1.807, 2.05) is 0 Å². The first-order valence-corrected chi connectivity index (χ1v) is 8.52. The molecule has 2 aromatic rings. The van der Waals surface area contributed by atoms with Crippen LogP contribution in [0, 0.1) is 5.82 Å². The molecule has 0 saturated carbocycles. The predicted octanol–water partition coefficient (Wildman–Crippen LogP) is 1.79. The van der Waals surface area contributed by atoms with Crippen molar-refractivity contribution in [3.63, 3.8) is 0 Å². The van der Waals surface area contributed by atoms with Crippen molar-refractivity contribution in [1.82, 2.24) is 14.8 Å². The summed E-state index contributed by atoms with van der Waals surface area (Å²) >= 11 is 0. The van der Waals surface area contributed by atoms with E-state index < -0.39 is 5.91 Å². The second-order valence-electron chi connectivity index (χ2n) is 6.42. The first-order chi connectivity index (χ1) is 12.8. The van der Waals surface area contributed by atoms with E-state index in [1.54, 1.807) is 37.7 Å². The number of benzene rings is 1. The Hall–Kier alpha value is -3.16. The Morgan fingerprint density at radius 1 is 1.30 bits per heavy atom. The van der Waals surface area contributed by atoms with Gasteiger partial charge in [0.05, 0.1) is 11.4 Å². The van der Waals surface area contributed by atoms with Gasteiger partial charge in [0.2, 0.25) is 0 Å². The van der Waals surface area contributed by atoms with Crippen LogP contribution in [0.5, 0.6) is 5.75 Å². The molecule has 0 aliphatic carbocycles. The van der Waals surface area contributed by atoms with Crippen molar-refractivity contribution in [1.29, 1.82) is 0 Å². The molecule has 27 heavy (non-hydrogen) atoms. The molecule has 0 unspecified atom stereocenters. The van der Waals surface area contributed by atoms with Gasteiger partial charge in [-0.2, -0.15) is 0 Å². The highest BCUT2D eigenvalue weighted by molar-refractivity contribution is 6.13. The van der Waals surface area contributed by atoms with Gasteiger partial charge in [0.25, 0.3) is 11.8 Å². The lowest BCUT2D eigenvalue weighted by atomic mass is 10.1. The monoisotopic (exact) mass is 372 g/mol. The summed E-state index contributed by atoms with van der Waals surface area (Å²) in [6.45, 7) is 2.81. The number of amides is 2. The van der Waals surface area contributed by atoms with Crippen molar-refractivity contribution < 1.29 is 19.1 Å². The standard InChI is InChI=1S/C19H21FN4O3/c1-11(21-2)15-14(17(25)16-19(27)23(3)8-9-24(15)16)18(26)22-10-12-4-6-13(20)7-5-12/h4-7,25H,8-10H2,1-3H3,(H,22,26)/b21-11-. The molecule has 8 heteroatoms. The fraction of sp³-hybridized carbons (Fsp3) is 0.316. The minimum atomic E-state index is -0.521. The van der Waals surface area contributed by atoms with Gasteiger partial charge in [0.15, 0.2) is 11.4 Å². The zero-order valence-electron chi connectivity index (χ0n) is 15.4. The average Bonchev–Trinajstić information content (AvgIpc) is 2.96. The molecular formula is C19H21FN4O3. The molecule has 142 valence electrons. The minimum Gasteiger partial charge on any atom is -0.505 e. The van der Waals surface area contributed by atoms with Crippen molar-refractivity contribution in [3.05, 3.63) is 52.6 Å². The van der Waals surface area contributed by atoms with Crippen molar-refractivity contribution in [2.45, 2.75) is 20.0 Å². The molecule has 0 fully saturated rings. The number of likely N-dealkylation sites (N-methyl/N-ethyl adjacent to an activating group) is 1. The van der Waals surface area contributed by atoms with Crippen LogP contribution in [0.1, 0.15) is 39.0 Å². The van der Waals surface area contributed by atoms with E-state index in [-0.39, 0.29) is 35.3 Å². The van der Waals surface area contributed by atoms with Crippen LogP contribution >= 0.6 is 0 Å². The summed E-state index contributed by atoms with van der Waals surface area (Å²) in [5.41, 5.74) is 1.81. The van der Waals surface area contributed by atoms with E-state index in [4.69, 9.17) is 0 Å². The number of aromatic nitrogens is 1. The Labute approximate surface area is 156 Å². The third kappa shape index (κ3) is 3.30. The maximum Gasteiger partial charge on any atom is 0.274 e. The molecule has 0 atom stereocenters. The van der Waals surface area contributed by atoms with Crippen LogP contribution in [0.4, 0.5) is 4.39 Å². The van der Waals surface area contributed by atoms with Gasteiger partial charge in [0.1, 0.15) is 11.4 Å². The van der Waals surface area contributed by atoms with Gasteiger partial charge >= 0.3 is 0 Å². The molecule has 0 spiro atoms. The molecule has 1 aromatic carbocycles. The lowest BCUT2D eigenvalue weighted by Crippen LogP contribution is -2.37. The van der Waals surface area contributed by atoms with Crippen molar-refractivity contribution in [3.8, 4) is 5.75 Å². The fourth-order valence-electron chi connectivity index (χ4n) is 3.15. The van der Waals surface area contributed by atoms with E-state index in [0.717, 1.165) is 0 Å². The van der Waals surface area contributed by atoms with Crippen LogP contribution in [0.25, 0.3) is 0 Å². The summed E-state index contributed by atoms with van der Waals surface area (Å²) in [6.07, 6.45) is 0. The Kier molecular flexibility index (Phi) is 4.98. The van der Waals surface area contributed by atoms with E-state index in [2.05, 4.69) is 10.3 Å². The number of aromatic hydroxyl groups is 1. The van der Waals surface area contributed by atoms with Crippen LogP contribution in [-0.2, 0) is 13.1 Å². The first kappa shape index (κ1) is 18.6. The molecule has 2 N–H and O–H groups in total. The SMILES string of the molecule is C/N=C(/C)c1c(C(=O)NCc2ccc(F)cc2)c(O)c2n1CCN(C)C2=O. The average molecular weight is 372 g/mol. The molecule has 1 aromatic heterocycles. The van der Waals surface area contributed by atoms with Gasteiger partial charge in [-0.25, -0.2) is 4.39 Å². The molecule has 0 radical (unpaired) electrons. The zero-order chi connectivity index (χ0) is 19.7. The van der Waals surface area contributed by atoms with Crippen LogP contribution in [0.2, 0.25) is 0 Å². The smallest absolute Gasteiger partial charge is 0.274 e. The number of carbonyl (C=O) groups is 2. The molecular weight excluding hydrogens is 351 g/mol. The highest BCUT2D eigenvalue weighted by Crippen LogP contribution is 2.33. The molecule has 3 rings (SSSR count). The summed E-state index contributed by atoms with van der Waals surface area (Å²) in [4.78, 5) is 30.9. The number of carbonyl (C=O) groups excluding carboxylic acids is 2. The lowest BCUT2D eigenvalue weighted by molar-refractivity contribution is 0.0745. The second-order valence-corrected chi connectivity index (χ2v) is 6.42. The zero-order valence-corrected chi connectivity index (χ0v) is 15.4. The Bertz CT molecular complexity index is 931. The number of hydrogen-bond donors (Lipinski definition) is 2. The summed E-state index contributed by atoms with van der Waals surface area (Å²) in [6, 6.07) is 5.75. The number of nitrogens with one attached hydrogen (secondary N) is 1. The third-order valence-electron chi connectivity index (χ3n) is 4.72. The van der Waals surface area contributed by atoms with E-state index >= 15 is 0 Å². The summed E-state index contributed by atoms with van der Waals surface area (Å²) < 4.78 is 14.7. The summed E-state index contributed by atoms with van der Waals surface area (Å²) in [5.74, 6) is -1.57. The number of aliphatic imine (C=N–C) groups is 1. The molecule has 1 aliphatic rings. The fourth-order valence-corrected chi connectivity index (χ4v) is 3.15. The highest BCUT2D eigenvalue weighted by atomic mass is 19.1. The van der Waals surface area contributed by atoms with Gasteiger partial charge in [-0.15, -0.1) is 0 Å². The maximum atomic E-state index is 13.0. The van der Waals surface area contributed by atoms with Gasteiger partial charge in [-0.3, -0.25) is 14.6 Å². The number of nitrogens with zero attached hydrogens (tertiary/aromatic N) is 3. The maximum absolute atomic E-state index is 13.0. The molecule has 0 saturated heterocycles. The normalized spacial score (nSPS) is 14.3. The number of halogens is 1. The van der Waals surface area contributed by atoms with Gasteiger partial charge in [-0.1, -0.05) is 12.1 Å². The van der Waals surface area contributed by atoms with Gasteiger partial charge in [0, 0.05) is 33.7 Å². The van der Waals surface area contributed by atoms with Crippen molar-refractivity contribution >= 4 is 17.5 Å². The highest BCUT2D eigenvalue weighted by Gasteiger charge is 2.35. The van der Waals surface area contributed by atoms with E-state index in [1.165, 1.54) is 17.0 Å². The number of hydrogen-bond acceptors (Lipinski definition) is 4. The Balaban J connectivity index is 1.98. The van der Waals surface area contributed by atoms with Crippen LogP contribution < -0.4 is 5.32 Å². The molecule has 0 bridgehead atoms. The summed E-state index contributed by atoms with van der Waals surface area (Å²) in [7, 11) is 3.23. The molecule has 1 aliphatic heterocycles. The predicted molar refractivity (Wildman–Crippen MR) is 98.8 cm³/mol. The third-order valence-corrected chi connectivity index (χ3v) is 4.72. The Morgan fingerprint density at radius 3 is 2.59 bits per heavy atom. The number of rotatable bonds is 4. The molecule has 7 nitrogen and oxygen atoms in total. The minimum absolute atomic E-state index is 0.0267. The summed E-state index contributed by atoms with van der Waals surface area (Å²) in [5, 5.41) is 13.4. The van der Waals surface area contributed by atoms with Crippen molar-refractivity contribution in [2.24, 2.45) is 4.99 Å². The van der Waals surface area contributed by atoms with E-state index in [9.17, 15) is 19.1 Å². The largest absolute Gasteiger partial charge is 0.505 e. The molecule has 2 amide bonds. The quantitative estimate of drug-likeness (QED) is 0.802. The topological polar surface area (TPSA) is 86.9 Å². The van der Waals surface area contributed by atoms with Crippen LogP contribution in [-0.4, -0.2) is 52.7 Å². The Morgan fingerprint density at radius 2 is 1.96 bits per heavy atom.